The Morgan fingerprint density at radius 3 is 2.29 bits per heavy atom. The normalized spacial score (nSPS) is 22.5. The fourth-order valence-corrected chi connectivity index (χ4v) is 11.5. The van der Waals surface area contributed by atoms with Gasteiger partial charge in [-0.05, 0) is 78.9 Å². The van der Waals surface area contributed by atoms with Crippen molar-refractivity contribution < 1.29 is 43.4 Å². The molecule has 0 bridgehead atoms. The van der Waals surface area contributed by atoms with Gasteiger partial charge in [0.1, 0.15) is 47.6 Å². The quantitative estimate of drug-likeness (QED) is 0.124. The third kappa shape index (κ3) is 12.3. The molecule has 2 saturated heterocycles. The van der Waals surface area contributed by atoms with Gasteiger partial charge in [-0.2, -0.15) is 0 Å². The lowest BCUT2D eigenvalue weighted by molar-refractivity contribution is -0.145. The van der Waals surface area contributed by atoms with Crippen LogP contribution in [0.1, 0.15) is 90.0 Å². The molecule has 6 atom stereocenters. The number of rotatable bonds is 7. The summed E-state index contributed by atoms with van der Waals surface area (Å²) in [6.45, 7) is 11.0. The standard InChI is InChI=1S/C52H60ClN11O9S2/c1-26-16-19-74-44(26)32-10-8-31(9-11-32)43-49(71)56-23-39(67)57-36(47(69)54-17-18-73-25-40(68)59-45(52(5,6)7)50(72)63-24-34(65)20-37(63)48(70)60-43)22-55-38(66)21-35-46-62-61-29(4)64(46)51-41(27(2)28(3)75-51)42(58-35)30-12-14-33(53)15-13-30/h8-16,19,34-37,43,45,65H,17-18,20-25H2,1-7H3,(H,54,69)(H,55,66)(H,56,71)(H,57,67)(H,59,68)(H,60,70)/t34-,35+,36-,37+,43+,45-/m1/s1. The number of aliphatic imine (C=N–C) groups is 1. The first-order valence-electron chi connectivity index (χ1n) is 24.5. The molecule has 2 aromatic carbocycles. The highest BCUT2D eigenvalue weighted by Crippen LogP contribution is 2.40. The summed E-state index contributed by atoms with van der Waals surface area (Å²) in [5.41, 5.74) is 4.71. The minimum Gasteiger partial charge on any atom is -0.391 e. The van der Waals surface area contributed by atoms with Crippen molar-refractivity contribution in [2.24, 2.45) is 10.4 Å². The van der Waals surface area contributed by atoms with Crippen LogP contribution in [0.5, 0.6) is 0 Å². The highest BCUT2D eigenvalue weighted by molar-refractivity contribution is 7.15. The number of nitrogens with one attached hydrogen (secondary N) is 6. The third-order valence-electron chi connectivity index (χ3n) is 13.3. The second kappa shape index (κ2) is 23.0. The van der Waals surface area contributed by atoms with Crippen molar-refractivity contribution >= 4 is 81.3 Å². The summed E-state index contributed by atoms with van der Waals surface area (Å²) < 4.78 is 7.48. The Morgan fingerprint density at radius 1 is 0.880 bits per heavy atom. The van der Waals surface area contributed by atoms with Crippen LogP contribution < -0.4 is 31.9 Å². The molecule has 0 spiro atoms. The number of carbonyl (C=O) groups is 7. The van der Waals surface area contributed by atoms with Gasteiger partial charge in [-0.3, -0.25) is 43.1 Å². The Labute approximate surface area is 446 Å². The average Bonchev–Trinajstić information content (AvgIpc) is 4.14. The van der Waals surface area contributed by atoms with Crippen LogP contribution in [0, 0.1) is 33.1 Å². The number of halogens is 1. The van der Waals surface area contributed by atoms with Gasteiger partial charge in [-0.15, -0.1) is 32.9 Å². The maximum absolute atomic E-state index is 14.3. The molecule has 5 aromatic rings. The molecule has 3 aromatic heterocycles. The molecular weight excluding hydrogens is 1020 g/mol. The van der Waals surface area contributed by atoms with E-state index in [0.717, 1.165) is 42.6 Å². The predicted octanol–water partition coefficient (Wildman–Crippen LogP) is 3.44. The first-order valence-corrected chi connectivity index (χ1v) is 26.5. The van der Waals surface area contributed by atoms with E-state index in [1.807, 2.05) is 55.8 Å². The topological polar surface area (TPSA) is 267 Å². The Hall–Kier alpha value is -6.85. The van der Waals surface area contributed by atoms with Crippen molar-refractivity contribution in [3.8, 4) is 15.4 Å². The van der Waals surface area contributed by atoms with Crippen LogP contribution in [0.2, 0.25) is 5.02 Å². The summed E-state index contributed by atoms with van der Waals surface area (Å²) >= 11 is 9.39. The van der Waals surface area contributed by atoms with Crippen LogP contribution in [0.3, 0.4) is 0 Å². The van der Waals surface area contributed by atoms with Crippen molar-refractivity contribution in [1.29, 1.82) is 0 Å². The number of aromatic nitrogens is 3. The molecule has 0 unspecified atom stereocenters. The van der Waals surface area contributed by atoms with Gasteiger partial charge in [0, 0.05) is 52.0 Å². The van der Waals surface area contributed by atoms with Crippen LogP contribution in [-0.4, -0.2) is 135 Å². The van der Waals surface area contributed by atoms with Gasteiger partial charge in [-0.25, -0.2) is 0 Å². The van der Waals surface area contributed by atoms with Crippen LogP contribution in [0.15, 0.2) is 65.0 Å². The molecule has 396 valence electrons. The van der Waals surface area contributed by atoms with Gasteiger partial charge in [-0.1, -0.05) is 68.8 Å². The van der Waals surface area contributed by atoms with Gasteiger partial charge in [0.25, 0.3) is 0 Å². The largest absolute Gasteiger partial charge is 0.391 e. The number of aryl methyl sites for hydroxylation is 3. The molecule has 23 heteroatoms. The number of nitrogens with zero attached hydrogens (tertiary/aromatic N) is 5. The predicted molar refractivity (Wildman–Crippen MR) is 283 cm³/mol. The number of aliphatic hydroxyl groups excluding tert-OH is 1. The minimum absolute atomic E-state index is 0.124. The molecule has 2 fully saturated rings. The van der Waals surface area contributed by atoms with Crippen LogP contribution in [-0.2, 0) is 38.3 Å². The van der Waals surface area contributed by atoms with Crippen molar-refractivity contribution in [1.82, 2.24) is 51.6 Å². The molecule has 0 saturated carbocycles. The van der Waals surface area contributed by atoms with Gasteiger partial charge in [0.05, 0.1) is 31.4 Å². The molecule has 20 nitrogen and oxygen atoms in total. The van der Waals surface area contributed by atoms with E-state index in [9.17, 15) is 38.7 Å². The highest BCUT2D eigenvalue weighted by atomic mass is 35.5. The van der Waals surface area contributed by atoms with Gasteiger partial charge >= 0.3 is 0 Å². The molecule has 7 N–H and O–H groups in total. The monoisotopic (exact) mass is 1080 g/mol. The minimum atomic E-state index is -1.40. The smallest absolute Gasteiger partial charge is 0.247 e. The van der Waals surface area contributed by atoms with E-state index in [0.29, 0.717) is 27.9 Å². The summed E-state index contributed by atoms with van der Waals surface area (Å²) in [7, 11) is 0. The van der Waals surface area contributed by atoms with E-state index in [1.54, 1.807) is 79.8 Å². The number of amides is 7. The van der Waals surface area contributed by atoms with Crippen LogP contribution >= 0.6 is 34.3 Å². The summed E-state index contributed by atoms with van der Waals surface area (Å²) in [5, 5.41) is 39.1. The van der Waals surface area contributed by atoms with E-state index >= 15 is 0 Å². The fourth-order valence-electron chi connectivity index (χ4n) is 9.21. The summed E-state index contributed by atoms with van der Waals surface area (Å²) in [6.07, 6.45) is -1.46. The Bertz CT molecular complexity index is 3040. The molecule has 7 amide bonds. The summed E-state index contributed by atoms with van der Waals surface area (Å²) in [5.74, 6) is -3.85. The van der Waals surface area contributed by atoms with Crippen LogP contribution in [0.4, 0.5) is 0 Å². The number of aliphatic hydroxyl groups is 1. The zero-order chi connectivity index (χ0) is 53.9. The molecule has 8 rings (SSSR count). The second-order valence-electron chi connectivity index (χ2n) is 19.9. The van der Waals surface area contributed by atoms with Crippen LogP contribution in [0.25, 0.3) is 15.4 Å². The average molecular weight is 1080 g/mol. The van der Waals surface area contributed by atoms with Crippen molar-refractivity contribution in [2.45, 2.75) is 97.6 Å². The number of hydrogen-bond acceptors (Lipinski definition) is 14. The van der Waals surface area contributed by atoms with Gasteiger partial charge < -0.3 is 46.6 Å². The fraction of sp³-hybridized carbons (Fsp3) is 0.423. The number of benzene rings is 2. The van der Waals surface area contributed by atoms with Crippen molar-refractivity contribution in [3.63, 3.8) is 0 Å². The summed E-state index contributed by atoms with van der Waals surface area (Å²) in [6, 6.07) is 10.2. The molecule has 6 heterocycles. The van der Waals surface area contributed by atoms with Gasteiger partial charge in [0.2, 0.25) is 41.4 Å². The van der Waals surface area contributed by atoms with E-state index in [-0.39, 0.29) is 32.5 Å². The van der Waals surface area contributed by atoms with Crippen molar-refractivity contribution in [3.05, 3.63) is 109 Å². The van der Waals surface area contributed by atoms with E-state index in [1.165, 1.54) is 4.90 Å². The van der Waals surface area contributed by atoms with Gasteiger partial charge in [0.15, 0.2) is 5.82 Å². The molecular formula is C52H60ClN11O9S2. The number of carbonyl (C=O) groups excluding carboxylic acids is 7. The van der Waals surface area contributed by atoms with E-state index in [4.69, 9.17) is 21.3 Å². The zero-order valence-electron chi connectivity index (χ0n) is 42.5. The van der Waals surface area contributed by atoms with E-state index in [2.05, 4.69) is 42.1 Å². The lowest BCUT2D eigenvalue weighted by Crippen LogP contribution is -2.58. The Balaban J connectivity index is 1.04. The maximum atomic E-state index is 14.3. The number of hydrogen-bond donors (Lipinski definition) is 7. The molecule has 0 aliphatic carbocycles. The Morgan fingerprint density at radius 2 is 1.60 bits per heavy atom. The highest BCUT2D eigenvalue weighted by Gasteiger charge is 2.45. The lowest BCUT2D eigenvalue weighted by Gasteiger charge is -2.35. The number of thiophene rings is 2. The molecule has 3 aliphatic heterocycles. The third-order valence-corrected chi connectivity index (χ3v) is 15.8. The zero-order valence-corrected chi connectivity index (χ0v) is 44.9. The van der Waals surface area contributed by atoms with Crippen molar-refractivity contribution in [2.75, 3.05) is 39.4 Å². The second-order valence-corrected chi connectivity index (χ2v) is 22.4. The number of ether oxygens (including phenoxy) is 1. The number of fused-ring (bicyclic) bond motifs is 4. The first kappa shape index (κ1) is 54.4. The molecule has 0 radical (unpaired) electrons. The SMILES string of the molecule is Cc1ccsc1-c1ccc([C@@H]2NC(=O)[C@@H]3C[C@@H](O)CN3C(=O)[C@H](C(C)(C)C)NC(=O)COCCNC(=O)[C@@H](CNC(=O)C[C@@H]3N=C(c4ccc(Cl)cc4)c4c(sc(C)c4C)-n4c(C)nnc43)NC(=O)CNC2=O)cc1. The summed E-state index contributed by atoms with van der Waals surface area (Å²) in [4.78, 5) is 106. The first-order chi connectivity index (χ1) is 35.7. The maximum Gasteiger partial charge on any atom is 0.247 e. The molecule has 3 aliphatic rings. The lowest BCUT2D eigenvalue weighted by atomic mass is 9.85. The molecule has 75 heavy (non-hydrogen) atoms. The van der Waals surface area contributed by atoms with E-state index < -0.39 is 103 Å². The Kier molecular flexibility index (Phi) is 16.7.